The molecule has 2 aliphatic rings. The molecule has 0 aromatic heterocycles. The van der Waals surface area contributed by atoms with Gasteiger partial charge in [-0.15, -0.1) is 0 Å². The number of hydrogen-bond acceptors (Lipinski definition) is 4. The lowest BCUT2D eigenvalue weighted by atomic mass is 9.90. The number of rotatable bonds is 2. The number of nitriles is 1. The Morgan fingerprint density at radius 3 is 2.93 bits per heavy atom. The van der Waals surface area contributed by atoms with Crippen molar-refractivity contribution in [1.29, 1.82) is 5.26 Å². The predicted molar refractivity (Wildman–Crippen MR) is 53.4 cm³/mol. The largest absolute Gasteiger partial charge is 0.466 e. The van der Waals surface area contributed by atoms with Crippen LogP contribution in [-0.4, -0.2) is 18.1 Å². The lowest BCUT2D eigenvalue weighted by Gasteiger charge is -2.20. The van der Waals surface area contributed by atoms with Crippen molar-refractivity contribution < 1.29 is 9.53 Å². The summed E-state index contributed by atoms with van der Waals surface area (Å²) < 4.78 is 4.98. The van der Waals surface area contributed by atoms with Gasteiger partial charge in [0.05, 0.1) is 18.6 Å². The first-order valence-corrected chi connectivity index (χ1v) is 5.42. The lowest BCUT2D eigenvalue weighted by molar-refractivity contribution is -0.146. The van der Waals surface area contributed by atoms with E-state index in [2.05, 4.69) is 13.0 Å². The molecule has 0 saturated heterocycles. The summed E-state index contributed by atoms with van der Waals surface area (Å²) in [7, 11) is 0. The van der Waals surface area contributed by atoms with E-state index in [1.165, 1.54) is 0 Å². The molecule has 0 aromatic carbocycles. The predicted octanol–water partition coefficient (Wildman–Crippen LogP) is 0.673. The van der Waals surface area contributed by atoms with Crippen LogP contribution in [0.15, 0.2) is 0 Å². The van der Waals surface area contributed by atoms with Gasteiger partial charge in [-0.3, -0.25) is 4.79 Å². The fourth-order valence-corrected chi connectivity index (χ4v) is 3.17. The number of carbonyl (C=O) groups excluding carboxylic acids is 1. The van der Waals surface area contributed by atoms with E-state index >= 15 is 0 Å². The minimum absolute atomic E-state index is 0.0246. The molecule has 0 aromatic rings. The van der Waals surface area contributed by atoms with Crippen molar-refractivity contribution in [3.05, 3.63) is 0 Å². The Labute approximate surface area is 89.4 Å². The summed E-state index contributed by atoms with van der Waals surface area (Å²) in [4.78, 5) is 11.6. The van der Waals surface area contributed by atoms with Crippen LogP contribution in [0.4, 0.5) is 0 Å². The smallest absolute Gasteiger partial charge is 0.309 e. The normalized spacial score (nSPS) is 46.8. The third kappa shape index (κ3) is 1.34. The molecule has 0 amide bonds. The van der Waals surface area contributed by atoms with Crippen molar-refractivity contribution >= 4 is 5.97 Å². The average molecular weight is 208 g/mol. The highest BCUT2D eigenvalue weighted by atomic mass is 16.5. The molecule has 0 aliphatic heterocycles. The third-order valence-corrected chi connectivity index (χ3v) is 3.75. The molecule has 5 unspecified atom stereocenters. The molecule has 0 heterocycles. The molecule has 0 radical (unpaired) electrons. The summed E-state index contributed by atoms with van der Waals surface area (Å²) in [5, 5.41) is 9.04. The standard InChI is InChI=1S/C11H16N2O2/c1-3-15-10(14)8-7-6(2)4-11(13,5-12)9(7)8/h6-9H,3-4,13H2,1-2H3. The second-order valence-electron chi connectivity index (χ2n) is 4.71. The van der Waals surface area contributed by atoms with E-state index in [0.29, 0.717) is 18.9 Å². The van der Waals surface area contributed by atoms with Gasteiger partial charge in [0.1, 0.15) is 5.54 Å². The van der Waals surface area contributed by atoms with E-state index in [1.807, 2.05) is 0 Å². The molecule has 4 heteroatoms. The molecule has 0 bridgehead atoms. The van der Waals surface area contributed by atoms with E-state index in [9.17, 15) is 4.79 Å². The minimum atomic E-state index is -0.804. The van der Waals surface area contributed by atoms with Gasteiger partial charge in [0.15, 0.2) is 0 Å². The molecule has 2 N–H and O–H groups in total. The quantitative estimate of drug-likeness (QED) is 0.677. The van der Waals surface area contributed by atoms with Crippen LogP contribution in [0.5, 0.6) is 0 Å². The van der Waals surface area contributed by atoms with Crippen LogP contribution in [0.25, 0.3) is 0 Å². The average Bonchev–Trinajstić information content (AvgIpc) is 2.88. The number of ether oxygens (including phenoxy) is 1. The molecule has 2 saturated carbocycles. The van der Waals surface area contributed by atoms with Crippen LogP contribution in [0.2, 0.25) is 0 Å². The summed E-state index contributed by atoms with van der Waals surface area (Å²) in [5.74, 6) is 0.349. The Kier molecular flexibility index (Phi) is 2.23. The van der Waals surface area contributed by atoms with Crippen LogP contribution >= 0.6 is 0 Å². The van der Waals surface area contributed by atoms with Gasteiger partial charge in [-0.05, 0) is 25.2 Å². The van der Waals surface area contributed by atoms with Crippen molar-refractivity contribution in [2.45, 2.75) is 25.8 Å². The lowest BCUT2D eigenvalue weighted by Crippen LogP contribution is -2.41. The molecule has 4 nitrogen and oxygen atoms in total. The maximum Gasteiger partial charge on any atom is 0.309 e. The number of hydrogen-bond donors (Lipinski definition) is 1. The zero-order chi connectivity index (χ0) is 11.2. The molecule has 82 valence electrons. The molecular formula is C11H16N2O2. The van der Waals surface area contributed by atoms with Gasteiger partial charge >= 0.3 is 5.97 Å². The first-order valence-electron chi connectivity index (χ1n) is 5.42. The van der Waals surface area contributed by atoms with Gasteiger partial charge in [0, 0.05) is 5.92 Å². The number of nitrogens with two attached hydrogens (primary N) is 1. The first-order chi connectivity index (χ1) is 7.05. The highest BCUT2D eigenvalue weighted by molar-refractivity contribution is 5.77. The monoisotopic (exact) mass is 208 g/mol. The van der Waals surface area contributed by atoms with E-state index in [-0.39, 0.29) is 23.7 Å². The Morgan fingerprint density at radius 2 is 2.40 bits per heavy atom. The van der Waals surface area contributed by atoms with Gasteiger partial charge in [-0.2, -0.15) is 5.26 Å². The van der Waals surface area contributed by atoms with Crippen LogP contribution in [0.1, 0.15) is 20.3 Å². The molecule has 2 rings (SSSR count). The van der Waals surface area contributed by atoms with Gasteiger partial charge in [0.25, 0.3) is 0 Å². The number of carbonyl (C=O) groups is 1. The van der Waals surface area contributed by atoms with Crippen LogP contribution < -0.4 is 5.73 Å². The van der Waals surface area contributed by atoms with Gasteiger partial charge < -0.3 is 10.5 Å². The maximum atomic E-state index is 11.6. The summed E-state index contributed by atoms with van der Waals surface area (Å²) in [6.45, 7) is 4.25. The Hall–Kier alpha value is -1.08. The molecular weight excluding hydrogens is 192 g/mol. The first kappa shape index (κ1) is 10.4. The fourth-order valence-electron chi connectivity index (χ4n) is 3.17. The van der Waals surface area contributed by atoms with Crippen molar-refractivity contribution in [2.75, 3.05) is 6.61 Å². The summed E-state index contributed by atoms with van der Waals surface area (Å²) in [6, 6.07) is 2.16. The molecule has 0 spiro atoms. The highest BCUT2D eigenvalue weighted by Crippen LogP contribution is 2.64. The van der Waals surface area contributed by atoms with Gasteiger partial charge in [-0.1, -0.05) is 6.92 Å². The molecule has 2 aliphatic carbocycles. The van der Waals surface area contributed by atoms with Crippen LogP contribution in [0.3, 0.4) is 0 Å². The summed E-state index contributed by atoms with van der Waals surface area (Å²) in [5.41, 5.74) is 5.19. The number of esters is 1. The zero-order valence-corrected chi connectivity index (χ0v) is 9.06. The van der Waals surface area contributed by atoms with Crippen molar-refractivity contribution in [3.8, 4) is 6.07 Å². The van der Waals surface area contributed by atoms with Crippen LogP contribution in [0, 0.1) is 35.0 Å². The molecule has 15 heavy (non-hydrogen) atoms. The summed E-state index contributed by atoms with van der Waals surface area (Å²) >= 11 is 0. The Morgan fingerprint density at radius 1 is 1.73 bits per heavy atom. The topological polar surface area (TPSA) is 76.1 Å². The SMILES string of the molecule is CCOC(=O)C1C2C(C)CC(N)(C#N)C12. The van der Waals surface area contributed by atoms with Gasteiger partial charge in [-0.25, -0.2) is 0 Å². The van der Waals surface area contributed by atoms with Crippen molar-refractivity contribution in [1.82, 2.24) is 0 Å². The third-order valence-electron chi connectivity index (χ3n) is 3.75. The number of nitrogens with zero attached hydrogens (tertiary/aromatic N) is 1. The van der Waals surface area contributed by atoms with E-state index < -0.39 is 5.54 Å². The minimum Gasteiger partial charge on any atom is -0.466 e. The fraction of sp³-hybridized carbons (Fsp3) is 0.818. The van der Waals surface area contributed by atoms with Crippen molar-refractivity contribution in [2.24, 2.45) is 29.4 Å². The van der Waals surface area contributed by atoms with E-state index in [4.69, 9.17) is 15.7 Å². The number of fused-ring (bicyclic) bond motifs is 1. The van der Waals surface area contributed by atoms with E-state index in [1.54, 1.807) is 6.92 Å². The molecule has 5 atom stereocenters. The molecule has 2 fully saturated rings. The zero-order valence-electron chi connectivity index (χ0n) is 9.06. The summed E-state index contributed by atoms with van der Waals surface area (Å²) in [6.07, 6.45) is 0.703. The Balaban J connectivity index is 2.12. The Bertz CT molecular complexity index is 336. The second kappa shape index (κ2) is 3.21. The van der Waals surface area contributed by atoms with Gasteiger partial charge in [0.2, 0.25) is 0 Å². The van der Waals surface area contributed by atoms with Crippen LogP contribution in [-0.2, 0) is 9.53 Å². The second-order valence-corrected chi connectivity index (χ2v) is 4.71. The maximum absolute atomic E-state index is 11.6. The van der Waals surface area contributed by atoms with E-state index in [0.717, 1.165) is 0 Å². The van der Waals surface area contributed by atoms with Crippen molar-refractivity contribution in [3.63, 3.8) is 0 Å². The highest BCUT2D eigenvalue weighted by Gasteiger charge is 2.70.